The number of thiocarbonyl (C=S) groups is 1. The van der Waals surface area contributed by atoms with Crippen molar-refractivity contribution in [1.29, 1.82) is 0 Å². The Morgan fingerprint density at radius 3 is 2.60 bits per heavy atom. The van der Waals surface area contributed by atoms with Gasteiger partial charge in [0.25, 0.3) is 0 Å². The fraction of sp³-hybridized carbons (Fsp3) is 0.333. The zero-order valence-corrected chi connectivity index (χ0v) is 9.64. The number of benzene rings is 1. The van der Waals surface area contributed by atoms with E-state index in [2.05, 4.69) is 5.32 Å². The van der Waals surface area contributed by atoms with E-state index < -0.39 is 0 Å². The second-order valence-electron chi connectivity index (χ2n) is 3.38. The van der Waals surface area contributed by atoms with Crippen LogP contribution in [0.15, 0.2) is 30.3 Å². The molecule has 0 aliphatic heterocycles. The summed E-state index contributed by atoms with van der Waals surface area (Å²) < 4.78 is 0. The second kappa shape index (κ2) is 6.30. The standard InChI is InChI=1S/C12H15NOS/c1-2-6-11(14)9-12(15)13-10-7-4-3-5-8-10/h3-5,7-8H,2,6,9H2,1H3,(H,13,15). The summed E-state index contributed by atoms with van der Waals surface area (Å²) in [5.41, 5.74) is 0.937. The first-order valence-electron chi connectivity index (χ1n) is 5.09. The van der Waals surface area contributed by atoms with Crippen LogP contribution in [0, 0.1) is 0 Å². The first-order chi connectivity index (χ1) is 7.22. The van der Waals surface area contributed by atoms with E-state index in [-0.39, 0.29) is 5.78 Å². The molecule has 1 N–H and O–H groups in total. The third-order valence-corrected chi connectivity index (χ3v) is 2.19. The minimum Gasteiger partial charge on any atom is -0.350 e. The third kappa shape index (κ3) is 4.70. The van der Waals surface area contributed by atoms with Crippen LogP contribution in [0.1, 0.15) is 26.2 Å². The van der Waals surface area contributed by atoms with Crippen molar-refractivity contribution in [1.82, 2.24) is 0 Å². The lowest BCUT2D eigenvalue weighted by atomic mass is 10.2. The number of ketones is 1. The number of Topliss-reactive ketones (excluding diaryl/α,β-unsaturated/α-hetero) is 1. The van der Waals surface area contributed by atoms with E-state index in [0.717, 1.165) is 12.1 Å². The fourth-order valence-electron chi connectivity index (χ4n) is 1.27. The molecule has 0 fully saturated rings. The van der Waals surface area contributed by atoms with Crippen LogP contribution >= 0.6 is 12.2 Å². The maximum atomic E-state index is 11.3. The van der Waals surface area contributed by atoms with Gasteiger partial charge in [-0.05, 0) is 18.6 Å². The molecule has 1 aromatic rings. The van der Waals surface area contributed by atoms with Gasteiger partial charge in [-0.2, -0.15) is 0 Å². The Morgan fingerprint density at radius 1 is 1.33 bits per heavy atom. The van der Waals surface area contributed by atoms with E-state index in [0.29, 0.717) is 17.8 Å². The number of hydrogen-bond donors (Lipinski definition) is 1. The summed E-state index contributed by atoms with van der Waals surface area (Å²) in [6.45, 7) is 1.99. The van der Waals surface area contributed by atoms with E-state index in [1.54, 1.807) is 0 Å². The number of anilines is 1. The molecule has 80 valence electrons. The van der Waals surface area contributed by atoms with Crippen molar-refractivity contribution in [2.45, 2.75) is 26.2 Å². The Balaban J connectivity index is 2.40. The predicted molar refractivity (Wildman–Crippen MR) is 67.2 cm³/mol. The van der Waals surface area contributed by atoms with Gasteiger partial charge in [-0.25, -0.2) is 0 Å². The summed E-state index contributed by atoms with van der Waals surface area (Å²) in [4.78, 5) is 11.9. The summed E-state index contributed by atoms with van der Waals surface area (Å²) in [6, 6.07) is 9.65. The first-order valence-corrected chi connectivity index (χ1v) is 5.49. The fourth-order valence-corrected chi connectivity index (χ4v) is 1.55. The summed E-state index contributed by atoms with van der Waals surface area (Å²) in [5, 5.41) is 3.04. The van der Waals surface area contributed by atoms with E-state index in [9.17, 15) is 4.79 Å². The van der Waals surface area contributed by atoms with Gasteiger partial charge < -0.3 is 5.32 Å². The van der Waals surface area contributed by atoms with Crippen LogP contribution in [0.2, 0.25) is 0 Å². The topological polar surface area (TPSA) is 29.1 Å². The van der Waals surface area contributed by atoms with E-state index in [4.69, 9.17) is 12.2 Å². The normalized spacial score (nSPS) is 9.67. The summed E-state index contributed by atoms with van der Waals surface area (Å²) in [6.07, 6.45) is 1.83. The lowest BCUT2D eigenvalue weighted by Crippen LogP contribution is -2.14. The lowest BCUT2D eigenvalue weighted by Gasteiger charge is -2.06. The van der Waals surface area contributed by atoms with E-state index in [1.807, 2.05) is 37.3 Å². The van der Waals surface area contributed by atoms with Crippen molar-refractivity contribution in [3.63, 3.8) is 0 Å². The van der Waals surface area contributed by atoms with Crippen LogP contribution < -0.4 is 5.32 Å². The van der Waals surface area contributed by atoms with Crippen LogP contribution in [0.25, 0.3) is 0 Å². The van der Waals surface area contributed by atoms with Crippen LogP contribution in [0.3, 0.4) is 0 Å². The first kappa shape index (κ1) is 11.9. The molecule has 0 aromatic heterocycles. The third-order valence-electron chi connectivity index (χ3n) is 1.94. The maximum absolute atomic E-state index is 11.3. The molecule has 0 saturated heterocycles. The minimum absolute atomic E-state index is 0.200. The van der Waals surface area contributed by atoms with Crippen LogP contribution in [0.4, 0.5) is 5.69 Å². The SMILES string of the molecule is CCCC(=O)CC(=S)Nc1ccccc1. The Bertz CT molecular complexity index is 335. The Labute approximate surface area is 95.7 Å². The number of para-hydroxylation sites is 1. The molecule has 3 heteroatoms. The van der Waals surface area contributed by atoms with Crippen molar-refractivity contribution < 1.29 is 4.79 Å². The number of rotatable bonds is 5. The zero-order chi connectivity index (χ0) is 11.1. The number of nitrogens with one attached hydrogen (secondary N) is 1. The predicted octanol–water partition coefficient (Wildman–Crippen LogP) is 3.19. The van der Waals surface area contributed by atoms with Crippen molar-refractivity contribution in [3.05, 3.63) is 30.3 Å². The van der Waals surface area contributed by atoms with Crippen LogP contribution in [0.5, 0.6) is 0 Å². The molecule has 0 heterocycles. The van der Waals surface area contributed by atoms with Gasteiger partial charge in [0.05, 0.1) is 11.4 Å². The van der Waals surface area contributed by atoms with Crippen molar-refractivity contribution in [3.8, 4) is 0 Å². The van der Waals surface area contributed by atoms with Gasteiger partial charge in [-0.1, -0.05) is 37.3 Å². The van der Waals surface area contributed by atoms with Gasteiger partial charge in [-0.3, -0.25) is 4.79 Å². The lowest BCUT2D eigenvalue weighted by molar-refractivity contribution is -0.117. The smallest absolute Gasteiger partial charge is 0.139 e. The average molecular weight is 221 g/mol. The Hall–Kier alpha value is -1.22. The van der Waals surface area contributed by atoms with Gasteiger partial charge >= 0.3 is 0 Å². The van der Waals surface area contributed by atoms with Crippen molar-refractivity contribution in [2.24, 2.45) is 0 Å². The maximum Gasteiger partial charge on any atom is 0.139 e. The number of hydrogen-bond acceptors (Lipinski definition) is 2. The monoisotopic (exact) mass is 221 g/mol. The van der Waals surface area contributed by atoms with Gasteiger partial charge in [-0.15, -0.1) is 0 Å². The molecule has 0 saturated carbocycles. The molecule has 0 atom stereocenters. The molecule has 0 bridgehead atoms. The van der Waals surface area contributed by atoms with E-state index in [1.165, 1.54) is 0 Å². The molecule has 0 amide bonds. The molecule has 0 aliphatic carbocycles. The molecule has 1 aromatic carbocycles. The molecule has 0 radical (unpaired) electrons. The summed E-state index contributed by atoms with van der Waals surface area (Å²) >= 11 is 5.09. The molecular weight excluding hydrogens is 206 g/mol. The van der Waals surface area contributed by atoms with Crippen LogP contribution in [-0.2, 0) is 4.79 Å². The quantitative estimate of drug-likeness (QED) is 0.774. The molecule has 0 spiro atoms. The average Bonchev–Trinajstić information content (AvgIpc) is 2.19. The molecule has 0 aliphatic rings. The van der Waals surface area contributed by atoms with Crippen molar-refractivity contribution in [2.75, 3.05) is 5.32 Å². The van der Waals surface area contributed by atoms with Crippen LogP contribution in [-0.4, -0.2) is 10.8 Å². The molecule has 15 heavy (non-hydrogen) atoms. The minimum atomic E-state index is 0.200. The zero-order valence-electron chi connectivity index (χ0n) is 8.82. The Kier molecular flexibility index (Phi) is 4.98. The van der Waals surface area contributed by atoms with Crippen molar-refractivity contribution >= 4 is 28.7 Å². The molecular formula is C12H15NOS. The largest absolute Gasteiger partial charge is 0.350 e. The van der Waals surface area contributed by atoms with Gasteiger partial charge in [0, 0.05) is 12.1 Å². The number of carbonyl (C=O) groups excluding carboxylic acids is 1. The summed E-state index contributed by atoms with van der Waals surface area (Å²) in [5.74, 6) is 0.200. The highest BCUT2D eigenvalue weighted by molar-refractivity contribution is 7.80. The van der Waals surface area contributed by atoms with E-state index >= 15 is 0 Å². The van der Waals surface area contributed by atoms with Gasteiger partial charge in [0.15, 0.2) is 0 Å². The Morgan fingerprint density at radius 2 is 2.00 bits per heavy atom. The van der Waals surface area contributed by atoms with Gasteiger partial charge in [0.2, 0.25) is 0 Å². The highest BCUT2D eigenvalue weighted by atomic mass is 32.1. The number of carbonyl (C=O) groups is 1. The molecule has 0 unspecified atom stereocenters. The summed E-state index contributed by atoms with van der Waals surface area (Å²) in [7, 11) is 0. The molecule has 1 rings (SSSR count). The van der Waals surface area contributed by atoms with Gasteiger partial charge in [0.1, 0.15) is 5.78 Å². The second-order valence-corrected chi connectivity index (χ2v) is 3.87. The highest BCUT2D eigenvalue weighted by Crippen LogP contribution is 2.07. The molecule has 2 nitrogen and oxygen atoms in total. The highest BCUT2D eigenvalue weighted by Gasteiger charge is 2.04.